The summed E-state index contributed by atoms with van der Waals surface area (Å²) in [5.74, 6) is 0.188. The molecule has 0 bridgehead atoms. The number of aryl methyl sites for hydroxylation is 5. The highest BCUT2D eigenvalue weighted by Crippen LogP contribution is 2.34. The van der Waals surface area contributed by atoms with Crippen LogP contribution in [0.5, 0.6) is 0 Å². The molecule has 0 radical (unpaired) electrons. The van der Waals surface area contributed by atoms with Crippen LogP contribution in [-0.4, -0.2) is 43.5 Å². The van der Waals surface area contributed by atoms with Crippen molar-refractivity contribution in [3.63, 3.8) is 0 Å². The summed E-state index contributed by atoms with van der Waals surface area (Å²) in [5.41, 5.74) is 8.64. The van der Waals surface area contributed by atoms with E-state index < -0.39 is 18.2 Å². The number of benzene rings is 2. The standard InChI is InChI=1S/C27H30N4O3/c1-16-6-8-20(12-18(16)3)26(21-9-7-17(2)19(4)13-21)24(27-28-29-30-31(27)5)11-10-23-14-22(32)15-25(33)34-23/h6-13,22-23,32H,14-15H2,1-5H3/t22-,23-/m1/s1. The summed E-state index contributed by atoms with van der Waals surface area (Å²) in [7, 11) is 1.80. The number of hydrogen-bond acceptors (Lipinski definition) is 6. The van der Waals surface area contributed by atoms with E-state index in [0.717, 1.165) is 22.3 Å². The molecule has 0 amide bonds. The summed E-state index contributed by atoms with van der Waals surface area (Å²) in [6.07, 6.45) is 2.87. The molecule has 1 aliphatic rings. The van der Waals surface area contributed by atoms with Gasteiger partial charge in [0.1, 0.15) is 6.10 Å². The van der Waals surface area contributed by atoms with E-state index >= 15 is 0 Å². The third-order valence-corrected chi connectivity index (χ3v) is 6.39. The molecule has 2 heterocycles. The Bertz CT molecular complexity index is 1240. The summed E-state index contributed by atoms with van der Waals surface area (Å²) in [4.78, 5) is 11.9. The smallest absolute Gasteiger partial charge is 0.309 e. The fourth-order valence-electron chi connectivity index (χ4n) is 4.13. The SMILES string of the molecule is Cc1ccc(C(=C(C=C[C@@H]2C[C@@H](O)CC(=O)O2)c2nnnn2C)c2ccc(C)c(C)c2)cc1C. The number of carbonyl (C=O) groups is 1. The molecule has 0 spiro atoms. The first-order chi connectivity index (χ1) is 16.2. The fraction of sp³-hybridized carbons (Fsp3) is 0.333. The molecule has 1 saturated heterocycles. The molecule has 7 heteroatoms. The molecule has 1 N–H and O–H groups in total. The Morgan fingerprint density at radius 3 is 2.15 bits per heavy atom. The molecule has 7 nitrogen and oxygen atoms in total. The van der Waals surface area contributed by atoms with Crippen molar-refractivity contribution in [1.29, 1.82) is 0 Å². The van der Waals surface area contributed by atoms with Crippen LogP contribution in [0.2, 0.25) is 0 Å². The predicted molar refractivity (Wildman–Crippen MR) is 131 cm³/mol. The maximum atomic E-state index is 11.9. The molecule has 1 fully saturated rings. The van der Waals surface area contributed by atoms with Crippen LogP contribution >= 0.6 is 0 Å². The number of ether oxygens (including phenoxy) is 1. The zero-order valence-electron chi connectivity index (χ0n) is 20.2. The van der Waals surface area contributed by atoms with Crippen LogP contribution in [0.4, 0.5) is 0 Å². The second kappa shape index (κ2) is 9.73. The number of esters is 1. The second-order valence-electron chi connectivity index (χ2n) is 8.99. The number of hydrogen-bond donors (Lipinski definition) is 1. The summed E-state index contributed by atoms with van der Waals surface area (Å²) in [6, 6.07) is 12.8. The Kier molecular flexibility index (Phi) is 6.75. The molecule has 2 aromatic carbocycles. The van der Waals surface area contributed by atoms with Gasteiger partial charge in [0, 0.05) is 19.0 Å². The van der Waals surface area contributed by atoms with Gasteiger partial charge in [-0.25, -0.2) is 4.68 Å². The van der Waals surface area contributed by atoms with E-state index in [4.69, 9.17) is 4.74 Å². The van der Waals surface area contributed by atoms with E-state index in [-0.39, 0.29) is 6.42 Å². The summed E-state index contributed by atoms with van der Waals surface area (Å²) < 4.78 is 7.08. The lowest BCUT2D eigenvalue weighted by atomic mass is 9.89. The third-order valence-electron chi connectivity index (χ3n) is 6.39. The first-order valence-corrected chi connectivity index (χ1v) is 11.4. The largest absolute Gasteiger partial charge is 0.458 e. The van der Waals surface area contributed by atoms with Crippen molar-refractivity contribution >= 4 is 17.1 Å². The summed E-state index contributed by atoms with van der Waals surface area (Å²) in [6.45, 7) is 8.38. The Balaban J connectivity index is 1.96. The van der Waals surface area contributed by atoms with Gasteiger partial charge in [-0.15, -0.1) is 5.10 Å². The van der Waals surface area contributed by atoms with Crippen molar-refractivity contribution in [3.05, 3.63) is 87.8 Å². The van der Waals surface area contributed by atoms with Gasteiger partial charge in [-0.1, -0.05) is 42.5 Å². The van der Waals surface area contributed by atoms with Gasteiger partial charge >= 0.3 is 5.97 Å². The molecule has 1 aromatic heterocycles. The summed E-state index contributed by atoms with van der Waals surface area (Å²) in [5, 5.41) is 22.3. The number of rotatable bonds is 5. The molecule has 1 aliphatic heterocycles. The topological polar surface area (TPSA) is 90.1 Å². The van der Waals surface area contributed by atoms with E-state index in [1.54, 1.807) is 11.7 Å². The number of cyclic esters (lactones) is 1. The lowest BCUT2D eigenvalue weighted by Crippen LogP contribution is -2.31. The van der Waals surface area contributed by atoms with Crippen LogP contribution in [0.15, 0.2) is 48.6 Å². The van der Waals surface area contributed by atoms with Crippen molar-refractivity contribution in [2.24, 2.45) is 7.05 Å². The minimum atomic E-state index is -0.709. The Labute approximate surface area is 199 Å². The molecule has 0 unspecified atom stereocenters. The van der Waals surface area contributed by atoms with Crippen LogP contribution in [0.25, 0.3) is 11.1 Å². The first-order valence-electron chi connectivity index (χ1n) is 11.4. The van der Waals surface area contributed by atoms with E-state index in [0.29, 0.717) is 12.2 Å². The number of tetrazole rings is 1. The highest BCUT2D eigenvalue weighted by atomic mass is 16.5. The molecular formula is C27H30N4O3. The zero-order chi connectivity index (χ0) is 24.4. The minimum absolute atomic E-state index is 0.0246. The number of nitrogens with zero attached hydrogens (tertiary/aromatic N) is 4. The molecule has 34 heavy (non-hydrogen) atoms. The average molecular weight is 459 g/mol. The molecule has 2 atom stereocenters. The lowest BCUT2D eigenvalue weighted by Gasteiger charge is -2.23. The Hall–Kier alpha value is -3.58. The molecule has 3 aromatic rings. The number of aliphatic hydroxyl groups is 1. The van der Waals surface area contributed by atoms with Crippen LogP contribution in [0.3, 0.4) is 0 Å². The zero-order valence-corrected chi connectivity index (χ0v) is 20.2. The highest BCUT2D eigenvalue weighted by Gasteiger charge is 2.26. The van der Waals surface area contributed by atoms with Gasteiger partial charge in [-0.05, 0) is 83.2 Å². The second-order valence-corrected chi connectivity index (χ2v) is 8.99. The van der Waals surface area contributed by atoms with Crippen molar-refractivity contribution in [1.82, 2.24) is 20.2 Å². The fourth-order valence-corrected chi connectivity index (χ4v) is 4.13. The number of allylic oxidation sites excluding steroid dienone is 2. The van der Waals surface area contributed by atoms with Crippen molar-refractivity contribution in [2.45, 2.75) is 52.7 Å². The Morgan fingerprint density at radius 1 is 1.03 bits per heavy atom. The molecule has 176 valence electrons. The highest BCUT2D eigenvalue weighted by molar-refractivity contribution is 6.01. The molecule has 4 rings (SSSR count). The first kappa shape index (κ1) is 23.6. The van der Waals surface area contributed by atoms with Gasteiger partial charge in [0.15, 0.2) is 5.82 Å². The van der Waals surface area contributed by atoms with Gasteiger partial charge in [0.25, 0.3) is 0 Å². The maximum Gasteiger partial charge on any atom is 0.309 e. The third kappa shape index (κ3) is 4.99. The normalized spacial score (nSPS) is 18.2. The van der Waals surface area contributed by atoms with Gasteiger partial charge in [-0.3, -0.25) is 4.79 Å². The van der Waals surface area contributed by atoms with E-state index in [2.05, 4.69) is 79.6 Å². The average Bonchev–Trinajstić information content (AvgIpc) is 3.20. The van der Waals surface area contributed by atoms with Gasteiger partial charge in [0.2, 0.25) is 0 Å². The van der Waals surface area contributed by atoms with E-state index in [1.165, 1.54) is 22.3 Å². The van der Waals surface area contributed by atoms with Crippen LogP contribution < -0.4 is 0 Å². The van der Waals surface area contributed by atoms with E-state index in [9.17, 15) is 9.90 Å². The maximum absolute atomic E-state index is 11.9. The quantitative estimate of drug-likeness (QED) is 0.459. The molecular weight excluding hydrogens is 428 g/mol. The monoisotopic (exact) mass is 458 g/mol. The van der Waals surface area contributed by atoms with Gasteiger partial charge in [0.05, 0.1) is 12.5 Å². The van der Waals surface area contributed by atoms with Crippen molar-refractivity contribution in [2.75, 3.05) is 0 Å². The van der Waals surface area contributed by atoms with Crippen LogP contribution in [0.1, 0.15) is 52.0 Å². The molecule has 0 aliphatic carbocycles. The van der Waals surface area contributed by atoms with Gasteiger partial charge in [-0.2, -0.15) is 0 Å². The number of carbonyl (C=O) groups excluding carboxylic acids is 1. The van der Waals surface area contributed by atoms with Gasteiger partial charge < -0.3 is 9.84 Å². The number of aliphatic hydroxyl groups excluding tert-OH is 1. The Morgan fingerprint density at radius 2 is 1.65 bits per heavy atom. The predicted octanol–water partition coefficient (Wildman–Crippen LogP) is 4.03. The van der Waals surface area contributed by atoms with Crippen LogP contribution in [0, 0.1) is 27.7 Å². The van der Waals surface area contributed by atoms with Crippen LogP contribution in [-0.2, 0) is 16.6 Å². The van der Waals surface area contributed by atoms with Crippen molar-refractivity contribution < 1.29 is 14.6 Å². The van der Waals surface area contributed by atoms with E-state index in [1.807, 2.05) is 12.2 Å². The lowest BCUT2D eigenvalue weighted by molar-refractivity contribution is -0.156. The number of aromatic nitrogens is 4. The summed E-state index contributed by atoms with van der Waals surface area (Å²) >= 11 is 0. The minimum Gasteiger partial charge on any atom is -0.458 e. The van der Waals surface area contributed by atoms with Crippen molar-refractivity contribution in [3.8, 4) is 0 Å². The molecule has 0 saturated carbocycles.